The third-order valence-electron chi connectivity index (χ3n) is 2.75. The molecule has 2 aromatic rings. The molecule has 6 nitrogen and oxygen atoms in total. The number of aryl methyl sites for hydroxylation is 1. The fraction of sp³-hybridized carbons (Fsp3) is 0.357. The van der Waals surface area contributed by atoms with Crippen LogP contribution in [0.2, 0.25) is 0 Å². The molecule has 2 aromatic heterocycles. The highest BCUT2D eigenvalue weighted by atomic mass is 32.1. The lowest BCUT2D eigenvalue weighted by Gasteiger charge is -2.03. The molecule has 0 aromatic carbocycles. The maximum atomic E-state index is 11.9. The molecule has 0 saturated carbocycles. The summed E-state index contributed by atoms with van der Waals surface area (Å²) in [6.45, 7) is 6.09. The third-order valence-corrected chi connectivity index (χ3v) is 3.74. The second-order valence-corrected chi connectivity index (χ2v) is 6.48. The van der Waals surface area contributed by atoms with Crippen LogP contribution in [0.1, 0.15) is 44.6 Å². The number of nitrogens with one attached hydrogen (secondary N) is 3. The van der Waals surface area contributed by atoms with Crippen molar-refractivity contribution in [2.75, 3.05) is 0 Å². The van der Waals surface area contributed by atoms with E-state index in [9.17, 15) is 9.59 Å². The molecule has 112 valence electrons. The summed E-state index contributed by atoms with van der Waals surface area (Å²) in [4.78, 5) is 25.3. The molecule has 0 fully saturated rings. The van der Waals surface area contributed by atoms with Crippen LogP contribution in [-0.2, 0) is 6.42 Å². The number of H-pyrrole nitrogens is 1. The Morgan fingerprint density at radius 2 is 2.00 bits per heavy atom. The van der Waals surface area contributed by atoms with Crippen molar-refractivity contribution >= 4 is 23.2 Å². The molecule has 0 radical (unpaired) electrons. The normalized spacial score (nSPS) is 10.7. The first-order chi connectivity index (χ1) is 9.95. The monoisotopic (exact) mass is 306 g/mol. The van der Waals surface area contributed by atoms with E-state index in [2.05, 4.69) is 34.9 Å². The van der Waals surface area contributed by atoms with Gasteiger partial charge in [-0.05, 0) is 37.5 Å². The average molecular weight is 306 g/mol. The lowest BCUT2D eigenvalue weighted by molar-refractivity contribution is 0.0846. The number of hydrogen-bond acceptors (Lipinski definition) is 4. The molecule has 0 saturated heterocycles. The number of hydrogen-bond donors (Lipinski definition) is 3. The number of rotatable bonds is 4. The second kappa shape index (κ2) is 6.53. The van der Waals surface area contributed by atoms with Crippen molar-refractivity contribution in [2.45, 2.75) is 27.2 Å². The summed E-state index contributed by atoms with van der Waals surface area (Å²) < 4.78 is 0. The van der Waals surface area contributed by atoms with Gasteiger partial charge in [0, 0.05) is 10.6 Å². The predicted molar refractivity (Wildman–Crippen MR) is 81.1 cm³/mol. The second-order valence-electron chi connectivity index (χ2n) is 5.19. The van der Waals surface area contributed by atoms with Crippen LogP contribution in [0.5, 0.6) is 0 Å². The van der Waals surface area contributed by atoms with E-state index in [1.807, 2.05) is 13.0 Å². The number of aromatic nitrogens is 2. The summed E-state index contributed by atoms with van der Waals surface area (Å²) >= 11 is 1.37. The Labute approximate surface area is 126 Å². The van der Waals surface area contributed by atoms with Crippen molar-refractivity contribution < 1.29 is 9.59 Å². The first kappa shape index (κ1) is 15.2. The molecule has 0 aliphatic heterocycles. The minimum atomic E-state index is -0.442. The molecule has 0 aliphatic carbocycles. The average Bonchev–Trinajstić information content (AvgIpc) is 3.04. The summed E-state index contributed by atoms with van der Waals surface area (Å²) in [5.41, 5.74) is 5.89. The fourth-order valence-electron chi connectivity index (χ4n) is 1.82. The van der Waals surface area contributed by atoms with E-state index in [0.29, 0.717) is 10.8 Å². The van der Waals surface area contributed by atoms with E-state index >= 15 is 0 Å². The molecule has 7 heteroatoms. The maximum Gasteiger partial charge on any atom is 0.290 e. The van der Waals surface area contributed by atoms with Gasteiger partial charge in [-0.1, -0.05) is 13.8 Å². The number of hydrazine groups is 1. The number of nitrogens with zero attached hydrogens (tertiary/aromatic N) is 1. The van der Waals surface area contributed by atoms with Gasteiger partial charge in [-0.3, -0.25) is 25.5 Å². The Kier molecular flexibility index (Phi) is 4.74. The highest BCUT2D eigenvalue weighted by Crippen LogP contribution is 2.14. The zero-order valence-electron chi connectivity index (χ0n) is 12.2. The maximum absolute atomic E-state index is 11.9. The molecule has 0 spiro atoms. The molecule has 0 atom stereocenters. The van der Waals surface area contributed by atoms with Gasteiger partial charge < -0.3 is 0 Å². The van der Waals surface area contributed by atoms with Crippen LogP contribution in [0, 0.1) is 12.8 Å². The number of amides is 2. The number of carbonyl (C=O) groups excluding carboxylic acids is 2. The van der Waals surface area contributed by atoms with Crippen molar-refractivity contribution in [3.8, 4) is 0 Å². The highest BCUT2D eigenvalue weighted by Gasteiger charge is 2.13. The SMILES string of the molecule is Cc1ccc(C(=O)NNC(=O)c2cc(CC(C)C)[nH]n2)s1. The van der Waals surface area contributed by atoms with Crippen molar-refractivity contribution in [1.29, 1.82) is 0 Å². The van der Waals surface area contributed by atoms with Crippen LogP contribution in [0.25, 0.3) is 0 Å². The number of aromatic amines is 1. The lowest BCUT2D eigenvalue weighted by Crippen LogP contribution is -2.41. The Hall–Kier alpha value is -2.15. The standard InChI is InChI=1S/C14H18N4O2S/c1-8(2)6-10-7-11(16-15-10)13(19)17-18-14(20)12-5-4-9(3)21-12/h4-5,7-8H,6H2,1-3H3,(H,15,16)(H,17,19)(H,18,20). The van der Waals surface area contributed by atoms with Crippen molar-refractivity contribution in [3.63, 3.8) is 0 Å². The molecule has 2 heterocycles. The van der Waals surface area contributed by atoms with E-state index in [1.165, 1.54) is 11.3 Å². The smallest absolute Gasteiger partial charge is 0.282 e. The van der Waals surface area contributed by atoms with Crippen LogP contribution in [-0.4, -0.2) is 22.0 Å². The largest absolute Gasteiger partial charge is 0.290 e. The van der Waals surface area contributed by atoms with E-state index in [0.717, 1.165) is 17.0 Å². The summed E-state index contributed by atoms with van der Waals surface area (Å²) in [6.07, 6.45) is 0.821. The predicted octanol–water partition coefficient (Wildman–Crippen LogP) is 2.05. The molecule has 0 bridgehead atoms. The molecule has 0 aliphatic rings. The van der Waals surface area contributed by atoms with Gasteiger partial charge in [0.05, 0.1) is 4.88 Å². The van der Waals surface area contributed by atoms with Crippen LogP contribution in [0.4, 0.5) is 0 Å². The van der Waals surface area contributed by atoms with Crippen molar-refractivity contribution in [3.05, 3.63) is 39.3 Å². The van der Waals surface area contributed by atoms with Gasteiger partial charge in [-0.15, -0.1) is 11.3 Å². The molecule has 2 rings (SSSR count). The third kappa shape index (κ3) is 4.16. The van der Waals surface area contributed by atoms with E-state index < -0.39 is 5.91 Å². The summed E-state index contributed by atoms with van der Waals surface area (Å²) in [5, 5.41) is 6.76. The van der Waals surface area contributed by atoms with Gasteiger partial charge >= 0.3 is 0 Å². The molecule has 3 N–H and O–H groups in total. The molecular formula is C14H18N4O2S. The van der Waals surface area contributed by atoms with Gasteiger partial charge in [-0.25, -0.2) is 0 Å². The number of thiophene rings is 1. The minimum absolute atomic E-state index is 0.258. The fourth-order valence-corrected chi connectivity index (χ4v) is 2.58. The zero-order valence-corrected chi connectivity index (χ0v) is 13.0. The van der Waals surface area contributed by atoms with E-state index in [4.69, 9.17) is 0 Å². The lowest BCUT2D eigenvalue weighted by atomic mass is 10.1. The van der Waals surface area contributed by atoms with Crippen molar-refractivity contribution in [2.24, 2.45) is 5.92 Å². The van der Waals surface area contributed by atoms with Gasteiger partial charge in [-0.2, -0.15) is 5.10 Å². The molecule has 0 unspecified atom stereocenters. The minimum Gasteiger partial charge on any atom is -0.282 e. The Morgan fingerprint density at radius 1 is 1.29 bits per heavy atom. The number of carbonyl (C=O) groups is 2. The summed E-state index contributed by atoms with van der Waals surface area (Å²) in [5.74, 6) is -0.301. The molecule has 21 heavy (non-hydrogen) atoms. The first-order valence-corrected chi connectivity index (χ1v) is 7.48. The topological polar surface area (TPSA) is 86.9 Å². The van der Waals surface area contributed by atoms with Gasteiger partial charge in [0.15, 0.2) is 5.69 Å². The van der Waals surface area contributed by atoms with Crippen molar-refractivity contribution in [1.82, 2.24) is 21.0 Å². The summed E-state index contributed by atoms with van der Waals surface area (Å²) in [6, 6.07) is 5.26. The first-order valence-electron chi connectivity index (χ1n) is 6.67. The van der Waals surface area contributed by atoms with Gasteiger partial charge in [0.1, 0.15) is 0 Å². The van der Waals surface area contributed by atoms with Gasteiger partial charge in [0.25, 0.3) is 11.8 Å². The van der Waals surface area contributed by atoms with Crippen LogP contribution >= 0.6 is 11.3 Å². The van der Waals surface area contributed by atoms with E-state index in [1.54, 1.807) is 12.1 Å². The Balaban J connectivity index is 1.89. The van der Waals surface area contributed by atoms with Crippen LogP contribution < -0.4 is 10.9 Å². The van der Waals surface area contributed by atoms with Crippen LogP contribution in [0.3, 0.4) is 0 Å². The van der Waals surface area contributed by atoms with E-state index in [-0.39, 0.29) is 11.6 Å². The summed E-state index contributed by atoms with van der Waals surface area (Å²) in [7, 11) is 0. The molecular weight excluding hydrogens is 288 g/mol. The van der Waals surface area contributed by atoms with Crippen LogP contribution in [0.15, 0.2) is 18.2 Å². The Bertz CT molecular complexity index is 645. The quantitative estimate of drug-likeness (QED) is 0.756. The molecule has 2 amide bonds. The van der Waals surface area contributed by atoms with Gasteiger partial charge in [0.2, 0.25) is 0 Å². The highest BCUT2D eigenvalue weighted by molar-refractivity contribution is 7.13. The zero-order chi connectivity index (χ0) is 15.4. The Morgan fingerprint density at radius 3 is 2.62 bits per heavy atom.